The maximum atomic E-state index is 6.22. The molecule has 2 atom stereocenters. The molecule has 10 aromatic carbocycles. The van der Waals surface area contributed by atoms with Gasteiger partial charge in [-0.3, -0.25) is 0 Å². The Bertz CT molecular complexity index is 4040. The molecule has 0 bridgehead atoms. The lowest BCUT2D eigenvalue weighted by atomic mass is 9.90. The van der Waals surface area contributed by atoms with Gasteiger partial charge in [-0.25, -0.2) is 0 Å². The van der Waals surface area contributed by atoms with E-state index in [0.29, 0.717) is 11.8 Å². The molecule has 0 saturated carbocycles. The second-order valence-electron chi connectivity index (χ2n) is 19.0. The SMILES string of the molecule is CC1C=CC=C(Oc2ccc(-c3ccc4c(c3)c3ccccc3n4-c3ccccc3)cc2)C1C.c1ccc(-n2c3ccccc3c3cc(-c4ccc5c(c4)c4ccccc4n5-c4ccccc4)ccc32)cc1. The van der Waals surface area contributed by atoms with Gasteiger partial charge in [-0.05, 0) is 137 Å². The zero-order chi connectivity index (χ0) is 48.1. The predicted molar refractivity (Wildman–Crippen MR) is 303 cm³/mol. The molecule has 0 aliphatic heterocycles. The first-order chi connectivity index (χ1) is 35.6. The standard InChI is InChI=1S/C36H24N2.C32H27NO/c1-3-11-27(12-4-1)37-33-17-9-7-15-29(33)31-23-25(19-21-35(31)37)26-20-22-36-32(24-26)30-16-8-10-18-34(30)38(36)28-13-5-2-6-14-28;1-22-9-8-14-32(23(22)2)34-27-18-15-24(16-19-27)25-17-20-31-29(21-25)28-12-6-7-13-30(28)33(31)26-10-4-3-5-11-26/h1-24H;3-23H,1-2H3. The first-order valence-electron chi connectivity index (χ1n) is 25.0. The number of aromatic nitrogens is 3. The number of ether oxygens (including phenoxy) is 1. The molecular formula is C68H51N3O. The van der Waals surface area contributed by atoms with Gasteiger partial charge in [-0.2, -0.15) is 0 Å². The minimum absolute atomic E-state index is 0.383. The Balaban J connectivity index is 0.000000141. The van der Waals surface area contributed by atoms with E-state index in [2.05, 4.69) is 288 Å². The Hall–Kier alpha value is -9.12. The van der Waals surface area contributed by atoms with Crippen LogP contribution in [0.1, 0.15) is 13.8 Å². The maximum absolute atomic E-state index is 6.22. The molecule has 344 valence electrons. The summed E-state index contributed by atoms with van der Waals surface area (Å²) in [6.07, 6.45) is 6.40. The zero-order valence-electron chi connectivity index (χ0n) is 40.2. The van der Waals surface area contributed by atoms with E-state index in [1.165, 1.54) is 105 Å². The lowest BCUT2D eigenvalue weighted by Gasteiger charge is -2.23. The van der Waals surface area contributed by atoms with Crippen molar-refractivity contribution in [3.63, 3.8) is 0 Å². The molecule has 0 N–H and O–H groups in total. The Morgan fingerprint density at radius 1 is 0.319 bits per heavy atom. The number of nitrogens with zero attached hydrogens (tertiary/aromatic N) is 3. The summed E-state index contributed by atoms with van der Waals surface area (Å²) >= 11 is 0. The van der Waals surface area contributed by atoms with Crippen molar-refractivity contribution in [1.29, 1.82) is 0 Å². The predicted octanol–water partition coefficient (Wildman–Crippen LogP) is 18.1. The normalized spacial score (nSPS) is 14.6. The molecule has 14 rings (SSSR count). The molecule has 3 heterocycles. The fourth-order valence-corrected chi connectivity index (χ4v) is 10.9. The van der Waals surface area contributed by atoms with E-state index in [9.17, 15) is 0 Å². The van der Waals surface area contributed by atoms with Crippen LogP contribution in [-0.4, -0.2) is 13.7 Å². The van der Waals surface area contributed by atoms with E-state index in [1.807, 2.05) is 0 Å². The average molecular weight is 926 g/mol. The molecule has 3 aromatic heterocycles. The molecule has 0 radical (unpaired) electrons. The van der Waals surface area contributed by atoms with Gasteiger partial charge < -0.3 is 18.4 Å². The van der Waals surface area contributed by atoms with Gasteiger partial charge >= 0.3 is 0 Å². The fourth-order valence-electron chi connectivity index (χ4n) is 10.9. The summed E-state index contributed by atoms with van der Waals surface area (Å²) in [5, 5.41) is 7.62. The zero-order valence-corrected chi connectivity index (χ0v) is 40.2. The number of allylic oxidation sites excluding steroid dienone is 4. The second-order valence-corrected chi connectivity index (χ2v) is 19.0. The Kier molecular flexibility index (Phi) is 10.7. The van der Waals surface area contributed by atoms with Crippen molar-refractivity contribution < 1.29 is 4.74 Å². The molecule has 4 nitrogen and oxygen atoms in total. The van der Waals surface area contributed by atoms with Crippen LogP contribution in [0.4, 0.5) is 0 Å². The van der Waals surface area contributed by atoms with Crippen molar-refractivity contribution in [3.05, 3.63) is 267 Å². The highest BCUT2D eigenvalue weighted by Gasteiger charge is 2.20. The van der Waals surface area contributed by atoms with Crippen LogP contribution >= 0.6 is 0 Å². The molecular weight excluding hydrogens is 875 g/mol. The van der Waals surface area contributed by atoms with Crippen LogP contribution in [0.2, 0.25) is 0 Å². The number of fused-ring (bicyclic) bond motifs is 9. The molecule has 0 spiro atoms. The summed E-state index contributed by atoms with van der Waals surface area (Å²) in [6, 6.07) is 86.9. The highest BCUT2D eigenvalue weighted by atomic mass is 16.5. The highest BCUT2D eigenvalue weighted by Crippen LogP contribution is 2.39. The van der Waals surface area contributed by atoms with Crippen LogP contribution in [0, 0.1) is 11.8 Å². The number of benzene rings is 10. The minimum atomic E-state index is 0.383. The number of hydrogen-bond donors (Lipinski definition) is 0. The molecule has 13 aromatic rings. The quantitative estimate of drug-likeness (QED) is 0.156. The summed E-state index contributed by atoms with van der Waals surface area (Å²) in [4.78, 5) is 0. The monoisotopic (exact) mass is 925 g/mol. The van der Waals surface area contributed by atoms with Crippen molar-refractivity contribution in [2.75, 3.05) is 0 Å². The van der Waals surface area contributed by atoms with Crippen LogP contribution in [0.5, 0.6) is 5.75 Å². The van der Waals surface area contributed by atoms with Gasteiger partial charge in [0.15, 0.2) is 0 Å². The van der Waals surface area contributed by atoms with Gasteiger partial charge in [0.25, 0.3) is 0 Å². The lowest BCUT2D eigenvalue weighted by molar-refractivity contribution is 0.322. The highest BCUT2D eigenvalue weighted by molar-refractivity contribution is 6.13. The summed E-state index contributed by atoms with van der Waals surface area (Å²) in [5.41, 5.74) is 15.7. The number of para-hydroxylation sites is 6. The topological polar surface area (TPSA) is 24.0 Å². The fraction of sp³-hybridized carbons (Fsp3) is 0.0588. The van der Waals surface area contributed by atoms with E-state index >= 15 is 0 Å². The van der Waals surface area contributed by atoms with E-state index in [4.69, 9.17) is 4.74 Å². The average Bonchev–Trinajstić information content (AvgIpc) is 4.08. The molecule has 0 saturated heterocycles. The number of hydrogen-bond acceptors (Lipinski definition) is 1. The molecule has 1 aliphatic rings. The minimum Gasteiger partial charge on any atom is -0.461 e. The van der Waals surface area contributed by atoms with Gasteiger partial charge in [0.2, 0.25) is 0 Å². The summed E-state index contributed by atoms with van der Waals surface area (Å²) in [5.74, 6) is 2.78. The van der Waals surface area contributed by atoms with Crippen molar-refractivity contribution in [2.24, 2.45) is 11.8 Å². The summed E-state index contributed by atoms with van der Waals surface area (Å²) in [7, 11) is 0. The largest absolute Gasteiger partial charge is 0.461 e. The van der Waals surface area contributed by atoms with E-state index < -0.39 is 0 Å². The van der Waals surface area contributed by atoms with Gasteiger partial charge in [-0.15, -0.1) is 0 Å². The summed E-state index contributed by atoms with van der Waals surface area (Å²) < 4.78 is 13.3. The van der Waals surface area contributed by atoms with Crippen molar-refractivity contribution in [1.82, 2.24) is 13.7 Å². The Morgan fingerprint density at radius 2 is 0.653 bits per heavy atom. The third-order valence-electron chi connectivity index (χ3n) is 14.7. The second kappa shape index (κ2) is 18.0. The Morgan fingerprint density at radius 3 is 1.06 bits per heavy atom. The van der Waals surface area contributed by atoms with E-state index in [-0.39, 0.29) is 0 Å². The summed E-state index contributed by atoms with van der Waals surface area (Å²) in [6.45, 7) is 4.45. The van der Waals surface area contributed by atoms with Gasteiger partial charge in [0, 0.05) is 55.3 Å². The third kappa shape index (κ3) is 7.48. The molecule has 72 heavy (non-hydrogen) atoms. The Labute approximate surface area is 419 Å². The number of rotatable bonds is 7. The van der Waals surface area contributed by atoms with E-state index in [1.54, 1.807) is 0 Å². The maximum Gasteiger partial charge on any atom is 0.126 e. The molecule has 2 unspecified atom stereocenters. The van der Waals surface area contributed by atoms with Crippen molar-refractivity contribution in [3.8, 4) is 45.1 Å². The molecule has 4 heteroatoms. The van der Waals surface area contributed by atoms with Crippen molar-refractivity contribution >= 4 is 65.4 Å². The van der Waals surface area contributed by atoms with Crippen LogP contribution in [0.15, 0.2) is 267 Å². The third-order valence-corrected chi connectivity index (χ3v) is 14.7. The first kappa shape index (κ1) is 42.9. The smallest absolute Gasteiger partial charge is 0.126 e. The lowest BCUT2D eigenvalue weighted by Crippen LogP contribution is -2.15. The van der Waals surface area contributed by atoms with Gasteiger partial charge in [-0.1, -0.05) is 166 Å². The van der Waals surface area contributed by atoms with Crippen LogP contribution in [0.25, 0.3) is 105 Å². The van der Waals surface area contributed by atoms with Crippen molar-refractivity contribution in [2.45, 2.75) is 13.8 Å². The van der Waals surface area contributed by atoms with Crippen LogP contribution < -0.4 is 4.74 Å². The van der Waals surface area contributed by atoms with E-state index in [0.717, 1.165) is 11.5 Å². The van der Waals surface area contributed by atoms with Crippen LogP contribution in [0.3, 0.4) is 0 Å². The van der Waals surface area contributed by atoms with Gasteiger partial charge in [0.1, 0.15) is 11.5 Å². The molecule has 1 aliphatic carbocycles. The van der Waals surface area contributed by atoms with Gasteiger partial charge in [0.05, 0.1) is 33.1 Å². The molecule has 0 fully saturated rings. The molecule has 0 amide bonds. The first-order valence-corrected chi connectivity index (χ1v) is 25.0. The van der Waals surface area contributed by atoms with Crippen LogP contribution in [-0.2, 0) is 0 Å².